The Balaban J connectivity index is 0.00000341. The predicted molar refractivity (Wildman–Crippen MR) is 140 cm³/mol. The summed E-state index contributed by atoms with van der Waals surface area (Å²) in [5, 5.41) is 5.17. The first-order valence-corrected chi connectivity index (χ1v) is 11.6. The maximum atomic E-state index is 12.7. The van der Waals surface area contributed by atoms with Crippen molar-refractivity contribution in [1.29, 1.82) is 0 Å². The van der Waals surface area contributed by atoms with Crippen molar-refractivity contribution in [1.82, 2.24) is 20.1 Å². The summed E-state index contributed by atoms with van der Waals surface area (Å²) < 4.78 is 0. The minimum absolute atomic E-state index is 0. The summed E-state index contributed by atoms with van der Waals surface area (Å²) >= 11 is 7.79. The number of hydrogen-bond acceptors (Lipinski definition) is 4. The van der Waals surface area contributed by atoms with Gasteiger partial charge in [-0.15, -0.1) is 35.3 Å². The maximum Gasteiger partial charge on any atom is 0.227 e. The van der Waals surface area contributed by atoms with E-state index in [1.807, 2.05) is 36.1 Å². The number of thiazole rings is 1. The molecule has 0 unspecified atom stereocenters. The fourth-order valence-electron chi connectivity index (χ4n) is 3.60. The van der Waals surface area contributed by atoms with Crippen LogP contribution in [0, 0.1) is 13.8 Å². The van der Waals surface area contributed by atoms with Gasteiger partial charge in [-0.25, -0.2) is 4.98 Å². The SMILES string of the molecule is CCNC(=NCCc1sc(C)nc1C)N1CCN(C(=O)Cc2cccc(Cl)c2)CC1.I. The van der Waals surface area contributed by atoms with Crippen LogP contribution in [0.25, 0.3) is 0 Å². The fraction of sp³-hybridized carbons (Fsp3) is 0.500. The zero-order valence-electron chi connectivity index (χ0n) is 18.4. The third-order valence-electron chi connectivity index (χ3n) is 5.11. The van der Waals surface area contributed by atoms with Gasteiger partial charge in [-0.3, -0.25) is 9.79 Å². The van der Waals surface area contributed by atoms with Gasteiger partial charge in [-0.2, -0.15) is 0 Å². The minimum Gasteiger partial charge on any atom is -0.357 e. The number of rotatable bonds is 6. The summed E-state index contributed by atoms with van der Waals surface area (Å²) in [5.74, 6) is 1.08. The van der Waals surface area contributed by atoms with E-state index >= 15 is 0 Å². The summed E-state index contributed by atoms with van der Waals surface area (Å²) in [7, 11) is 0. The molecule has 0 spiro atoms. The second kappa shape index (κ2) is 12.6. The number of hydrogen-bond donors (Lipinski definition) is 1. The Morgan fingerprint density at radius 1 is 1.23 bits per heavy atom. The van der Waals surface area contributed by atoms with Crippen molar-refractivity contribution in [3.8, 4) is 0 Å². The van der Waals surface area contributed by atoms with Crippen LogP contribution in [0.15, 0.2) is 29.3 Å². The molecule has 6 nitrogen and oxygen atoms in total. The lowest BCUT2D eigenvalue weighted by Gasteiger charge is -2.36. The average molecular weight is 576 g/mol. The molecule has 0 saturated carbocycles. The summed E-state index contributed by atoms with van der Waals surface area (Å²) in [5.41, 5.74) is 2.07. The van der Waals surface area contributed by atoms with Gasteiger partial charge in [-0.1, -0.05) is 23.7 Å². The molecule has 9 heteroatoms. The summed E-state index contributed by atoms with van der Waals surface area (Å²) in [6.45, 7) is 10.7. The first-order chi connectivity index (χ1) is 14.5. The van der Waals surface area contributed by atoms with Gasteiger partial charge in [0.05, 0.1) is 17.1 Å². The van der Waals surface area contributed by atoms with Crippen molar-refractivity contribution < 1.29 is 4.79 Å². The molecule has 1 aromatic heterocycles. The van der Waals surface area contributed by atoms with Gasteiger partial charge in [0.2, 0.25) is 5.91 Å². The smallest absolute Gasteiger partial charge is 0.227 e. The van der Waals surface area contributed by atoms with Crippen molar-refractivity contribution in [2.75, 3.05) is 39.3 Å². The van der Waals surface area contributed by atoms with Gasteiger partial charge in [0.1, 0.15) is 0 Å². The van der Waals surface area contributed by atoms with E-state index in [-0.39, 0.29) is 29.9 Å². The molecule has 31 heavy (non-hydrogen) atoms. The van der Waals surface area contributed by atoms with E-state index in [1.54, 1.807) is 11.3 Å². The van der Waals surface area contributed by atoms with Crippen molar-refractivity contribution >= 4 is 58.8 Å². The molecule has 0 aliphatic carbocycles. The van der Waals surface area contributed by atoms with Crippen molar-refractivity contribution in [2.45, 2.75) is 33.6 Å². The molecule has 1 amide bonds. The first-order valence-electron chi connectivity index (χ1n) is 10.4. The highest BCUT2D eigenvalue weighted by atomic mass is 127. The summed E-state index contributed by atoms with van der Waals surface area (Å²) in [6.07, 6.45) is 1.30. The lowest BCUT2D eigenvalue weighted by Crippen LogP contribution is -2.54. The Bertz CT molecular complexity index is 896. The number of benzene rings is 1. The van der Waals surface area contributed by atoms with E-state index in [4.69, 9.17) is 16.6 Å². The van der Waals surface area contributed by atoms with Gasteiger partial charge in [0.15, 0.2) is 5.96 Å². The van der Waals surface area contributed by atoms with E-state index in [0.717, 1.165) is 54.8 Å². The molecular weight excluding hydrogens is 545 g/mol. The topological polar surface area (TPSA) is 60.8 Å². The molecule has 1 N–H and O–H groups in total. The van der Waals surface area contributed by atoms with E-state index in [9.17, 15) is 4.79 Å². The number of piperazine rings is 1. The van der Waals surface area contributed by atoms with E-state index < -0.39 is 0 Å². The van der Waals surface area contributed by atoms with Crippen molar-refractivity contribution in [3.05, 3.63) is 50.4 Å². The Morgan fingerprint density at radius 3 is 2.55 bits per heavy atom. The number of halogens is 2. The number of amides is 1. The highest BCUT2D eigenvalue weighted by Crippen LogP contribution is 2.17. The Labute approximate surface area is 211 Å². The molecule has 3 rings (SSSR count). The number of nitrogens with one attached hydrogen (secondary N) is 1. The van der Waals surface area contributed by atoms with E-state index in [2.05, 4.69) is 29.0 Å². The molecule has 0 bridgehead atoms. The number of aryl methyl sites for hydroxylation is 2. The molecule has 2 heterocycles. The average Bonchev–Trinajstić information content (AvgIpc) is 3.04. The molecular formula is C22H31ClIN5OS. The molecule has 1 saturated heterocycles. The zero-order valence-corrected chi connectivity index (χ0v) is 22.3. The second-order valence-electron chi connectivity index (χ2n) is 7.40. The minimum atomic E-state index is 0. The van der Waals surface area contributed by atoms with Gasteiger partial charge in [-0.05, 0) is 38.5 Å². The van der Waals surface area contributed by atoms with Crippen LogP contribution in [-0.2, 0) is 17.6 Å². The van der Waals surface area contributed by atoms with E-state index in [0.29, 0.717) is 24.5 Å². The van der Waals surface area contributed by atoms with Crippen LogP contribution in [0.5, 0.6) is 0 Å². The van der Waals surface area contributed by atoms with Crippen molar-refractivity contribution in [3.63, 3.8) is 0 Å². The molecule has 0 atom stereocenters. The monoisotopic (exact) mass is 575 g/mol. The second-order valence-corrected chi connectivity index (χ2v) is 9.13. The largest absolute Gasteiger partial charge is 0.357 e. The third-order valence-corrected chi connectivity index (χ3v) is 6.48. The maximum absolute atomic E-state index is 12.7. The number of carbonyl (C=O) groups is 1. The standard InChI is InChI=1S/C22H30ClN5OS.HI/c1-4-24-22(25-9-8-20-16(2)26-17(3)30-20)28-12-10-27(11-13-28)21(29)15-18-6-5-7-19(23)14-18;/h5-7,14H,4,8-13,15H2,1-3H3,(H,24,25);1H. The number of carbonyl (C=O) groups excluding carboxylic acids is 1. The number of aromatic nitrogens is 1. The number of guanidine groups is 1. The van der Waals surface area contributed by atoms with Gasteiger partial charge in [0, 0.05) is 55.6 Å². The van der Waals surface area contributed by atoms with Gasteiger partial charge in [0.25, 0.3) is 0 Å². The van der Waals surface area contributed by atoms with Crippen LogP contribution in [0.2, 0.25) is 5.02 Å². The molecule has 0 radical (unpaired) electrons. The number of aliphatic imine (C=N–C) groups is 1. The van der Waals surface area contributed by atoms with Crippen LogP contribution >= 0.6 is 46.9 Å². The normalized spacial score (nSPS) is 14.4. The highest BCUT2D eigenvalue weighted by Gasteiger charge is 2.23. The zero-order chi connectivity index (χ0) is 21.5. The lowest BCUT2D eigenvalue weighted by atomic mass is 10.1. The molecule has 170 valence electrons. The van der Waals surface area contributed by atoms with Gasteiger partial charge < -0.3 is 15.1 Å². The lowest BCUT2D eigenvalue weighted by molar-refractivity contribution is -0.131. The fourth-order valence-corrected chi connectivity index (χ4v) is 4.73. The quantitative estimate of drug-likeness (QED) is 0.322. The van der Waals surface area contributed by atoms with E-state index in [1.165, 1.54) is 4.88 Å². The summed E-state index contributed by atoms with van der Waals surface area (Å²) in [6, 6.07) is 7.52. The van der Waals surface area contributed by atoms with Gasteiger partial charge >= 0.3 is 0 Å². The predicted octanol–water partition coefficient (Wildman–Crippen LogP) is 3.93. The van der Waals surface area contributed by atoms with Crippen LogP contribution < -0.4 is 5.32 Å². The first kappa shape index (κ1) is 25.9. The Hall–Kier alpha value is -1.39. The van der Waals surface area contributed by atoms with Crippen molar-refractivity contribution in [2.24, 2.45) is 4.99 Å². The third kappa shape index (κ3) is 7.61. The Morgan fingerprint density at radius 2 is 1.94 bits per heavy atom. The van der Waals surface area contributed by atoms with Crippen LogP contribution in [0.3, 0.4) is 0 Å². The molecule has 1 fully saturated rings. The van der Waals surface area contributed by atoms with Crippen LogP contribution in [0.4, 0.5) is 0 Å². The molecule has 1 aromatic carbocycles. The number of nitrogens with zero attached hydrogens (tertiary/aromatic N) is 4. The molecule has 2 aromatic rings. The summed E-state index contributed by atoms with van der Waals surface area (Å²) in [4.78, 5) is 27.5. The van der Waals surface area contributed by atoms with Crippen LogP contribution in [0.1, 0.15) is 28.1 Å². The highest BCUT2D eigenvalue weighted by molar-refractivity contribution is 14.0. The molecule has 1 aliphatic rings. The molecule has 1 aliphatic heterocycles. The van der Waals surface area contributed by atoms with Crippen LogP contribution in [-0.4, -0.2) is 65.9 Å². The Kier molecular flexibility index (Phi) is 10.5.